The summed E-state index contributed by atoms with van der Waals surface area (Å²) in [6.45, 7) is 0. The average Bonchev–Trinajstić information content (AvgIpc) is 2.42. The molecule has 0 radical (unpaired) electrons. The van der Waals surface area contributed by atoms with Crippen LogP contribution in [-0.2, 0) is 12.8 Å². The number of halogens is 1. The van der Waals surface area contributed by atoms with E-state index in [9.17, 15) is 5.11 Å². The van der Waals surface area contributed by atoms with E-state index in [1.165, 1.54) is 0 Å². The van der Waals surface area contributed by atoms with Gasteiger partial charge in [-0.2, -0.15) is 0 Å². The van der Waals surface area contributed by atoms with Crippen LogP contribution in [0.4, 0.5) is 5.69 Å². The van der Waals surface area contributed by atoms with Gasteiger partial charge in [0.2, 0.25) is 0 Å². The SMILES string of the molecule is CNc1ccccc1CC(O)Cc1ccc(Cl)cc1. The molecular weight excluding hydrogens is 258 g/mol. The lowest BCUT2D eigenvalue weighted by Crippen LogP contribution is -2.14. The second-order valence-electron chi connectivity index (χ2n) is 4.60. The van der Waals surface area contributed by atoms with Crippen molar-refractivity contribution in [2.75, 3.05) is 12.4 Å². The van der Waals surface area contributed by atoms with Gasteiger partial charge < -0.3 is 10.4 Å². The van der Waals surface area contributed by atoms with Crippen LogP contribution in [-0.4, -0.2) is 18.3 Å². The number of anilines is 1. The largest absolute Gasteiger partial charge is 0.392 e. The molecule has 0 spiro atoms. The Balaban J connectivity index is 2.01. The smallest absolute Gasteiger partial charge is 0.0621 e. The summed E-state index contributed by atoms with van der Waals surface area (Å²) in [5.41, 5.74) is 3.29. The van der Waals surface area contributed by atoms with E-state index in [0.29, 0.717) is 12.8 Å². The van der Waals surface area contributed by atoms with Gasteiger partial charge in [0.05, 0.1) is 6.10 Å². The van der Waals surface area contributed by atoms with Crippen LogP contribution in [0, 0.1) is 0 Å². The molecule has 0 heterocycles. The molecule has 0 aromatic heterocycles. The van der Waals surface area contributed by atoms with E-state index in [4.69, 9.17) is 11.6 Å². The maximum Gasteiger partial charge on any atom is 0.0621 e. The summed E-state index contributed by atoms with van der Waals surface area (Å²) in [5.74, 6) is 0. The van der Waals surface area contributed by atoms with Crippen molar-refractivity contribution in [2.45, 2.75) is 18.9 Å². The molecule has 0 aliphatic heterocycles. The van der Waals surface area contributed by atoms with E-state index in [2.05, 4.69) is 5.32 Å². The zero-order chi connectivity index (χ0) is 13.7. The molecule has 0 fully saturated rings. The van der Waals surface area contributed by atoms with Crippen LogP contribution >= 0.6 is 11.6 Å². The van der Waals surface area contributed by atoms with Gasteiger partial charge in [-0.05, 0) is 35.7 Å². The molecule has 2 N–H and O–H groups in total. The van der Waals surface area contributed by atoms with Crippen molar-refractivity contribution in [3.8, 4) is 0 Å². The molecule has 2 aromatic carbocycles. The molecule has 0 bridgehead atoms. The minimum Gasteiger partial charge on any atom is -0.392 e. The summed E-state index contributed by atoms with van der Waals surface area (Å²) in [6.07, 6.45) is 0.880. The fraction of sp³-hybridized carbons (Fsp3) is 0.250. The number of benzene rings is 2. The lowest BCUT2D eigenvalue weighted by Gasteiger charge is -2.14. The lowest BCUT2D eigenvalue weighted by atomic mass is 10.0. The summed E-state index contributed by atoms with van der Waals surface area (Å²) in [6, 6.07) is 15.6. The molecule has 1 unspecified atom stereocenters. The Morgan fingerprint density at radius 1 is 1.05 bits per heavy atom. The summed E-state index contributed by atoms with van der Waals surface area (Å²) in [7, 11) is 1.89. The molecule has 0 saturated carbocycles. The van der Waals surface area contributed by atoms with Crippen LogP contribution in [0.2, 0.25) is 5.02 Å². The predicted octanol–water partition coefficient (Wildman–Crippen LogP) is 3.53. The number of aliphatic hydroxyl groups is 1. The molecule has 0 saturated heterocycles. The molecule has 2 aromatic rings. The van der Waals surface area contributed by atoms with Gasteiger partial charge in [-0.1, -0.05) is 41.9 Å². The monoisotopic (exact) mass is 275 g/mol. The van der Waals surface area contributed by atoms with E-state index >= 15 is 0 Å². The second-order valence-corrected chi connectivity index (χ2v) is 5.03. The first-order valence-corrected chi connectivity index (χ1v) is 6.75. The first-order valence-electron chi connectivity index (χ1n) is 6.37. The van der Waals surface area contributed by atoms with Crippen molar-refractivity contribution in [2.24, 2.45) is 0 Å². The number of rotatable bonds is 5. The number of nitrogens with one attached hydrogen (secondary N) is 1. The van der Waals surface area contributed by atoms with Crippen LogP contribution < -0.4 is 5.32 Å². The van der Waals surface area contributed by atoms with Crippen LogP contribution in [0.1, 0.15) is 11.1 Å². The first kappa shape index (κ1) is 13.9. The van der Waals surface area contributed by atoms with Crippen LogP contribution in [0.5, 0.6) is 0 Å². The van der Waals surface area contributed by atoms with Crippen molar-refractivity contribution in [3.05, 3.63) is 64.7 Å². The van der Waals surface area contributed by atoms with Crippen molar-refractivity contribution < 1.29 is 5.11 Å². The third-order valence-corrected chi connectivity index (χ3v) is 3.38. The quantitative estimate of drug-likeness (QED) is 0.875. The highest BCUT2D eigenvalue weighted by atomic mass is 35.5. The van der Waals surface area contributed by atoms with E-state index in [-0.39, 0.29) is 0 Å². The highest BCUT2D eigenvalue weighted by Crippen LogP contribution is 2.18. The van der Waals surface area contributed by atoms with Gasteiger partial charge in [-0.25, -0.2) is 0 Å². The van der Waals surface area contributed by atoms with E-state index < -0.39 is 6.10 Å². The van der Waals surface area contributed by atoms with Gasteiger partial charge in [-0.3, -0.25) is 0 Å². The Morgan fingerprint density at radius 2 is 1.74 bits per heavy atom. The Kier molecular flexibility index (Phi) is 4.83. The molecule has 2 rings (SSSR count). The molecule has 2 nitrogen and oxygen atoms in total. The van der Waals surface area contributed by atoms with Crippen LogP contribution in [0.25, 0.3) is 0 Å². The molecule has 0 aliphatic carbocycles. The first-order chi connectivity index (χ1) is 9.19. The number of para-hydroxylation sites is 1. The molecule has 3 heteroatoms. The number of hydrogen-bond acceptors (Lipinski definition) is 2. The minimum atomic E-state index is -0.393. The molecular formula is C16H18ClNO. The summed E-state index contributed by atoms with van der Waals surface area (Å²) in [5, 5.41) is 14.0. The molecule has 19 heavy (non-hydrogen) atoms. The van der Waals surface area contributed by atoms with Crippen molar-refractivity contribution in [1.82, 2.24) is 0 Å². The zero-order valence-corrected chi connectivity index (χ0v) is 11.7. The van der Waals surface area contributed by atoms with Gasteiger partial charge in [0, 0.05) is 24.2 Å². The summed E-state index contributed by atoms with van der Waals surface area (Å²) in [4.78, 5) is 0. The van der Waals surface area contributed by atoms with Gasteiger partial charge in [-0.15, -0.1) is 0 Å². The fourth-order valence-electron chi connectivity index (χ4n) is 2.16. The van der Waals surface area contributed by atoms with Crippen LogP contribution in [0.3, 0.4) is 0 Å². The van der Waals surface area contributed by atoms with E-state index in [0.717, 1.165) is 21.8 Å². The van der Waals surface area contributed by atoms with E-state index in [1.807, 2.05) is 55.6 Å². The van der Waals surface area contributed by atoms with Crippen molar-refractivity contribution >= 4 is 17.3 Å². The molecule has 0 aliphatic rings. The fourth-order valence-corrected chi connectivity index (χ4v) is 2.29. The molecule has 100 valence electrons. The Labute approximate surface area is 119 Å². The summed E-state index contributed by atoms with van der Waals surface area (Å²) < 4.78 is 0. The summed E-state index contributed by atoms with van der Waals surface area (Å²) >= 11 is 5.85. The van der Waals surface area contributed by atoms with Crippen molar-refractivity contribution in [3.63, 3.8) is 0 Å². The minimum absolute atomic E-state index is 0.393. The van der Waals surface area contributed by atoms with Gasteiger partial charge in [0.1, 0.15) is 0 Å². The van der Waals surface area contributed by atoms with Gasteiger partial charge in [0.25, 0.3) is 0 Å². The maximum atomic E-state index is 10.2. The zero-order valence-electron chi connectivity index (χ0n) is 10.9. The normalized spacial score (nSPS) is 12.2. The number of hydrogen-bond donors (Lipinski definition) is 2. The average molecular weight is 276 g/mol. The van der Waals surface area contributed by atoms with Crippen molar-refractivity contribution in [1.29, 1.82) is 0 Å². The third kappa shape index (κ3) is 3.98. The second kappa shape index (κ2) is 6.60. The van der Waals surface area contributed by atoms with E-state index in [1.54, 1.807) is 0 Å². The standard InChI is InChI=1S/C16H18ClNO/c1-18-16-5-3-2-4-13(16)11-15(19)10-12-6-8-14(17)9-7-12/h2-9,15,18-19H,10-11H2,1H3. The Hall–Kier alpha value is -1.51. The Morgan fingerprint density at radius 3 is 2.42 bits per heavy atom. The molecule has 1 atom stereocenters. The Bertz CT molecular complexity index is 525. The predicted molar refractivity (Wildman–Crippen MR) is 80.9 cm³/mol. The molecule has 0 amide bonds. The van der Waals surface area contributed by atoms with Crippen LogP contribution in [0.15, 0.2) is 48.5 Å². The van der Waals surface area contributed by atoms with Gasteiger partial charge >= 0.3 is 0 Å². The lowest BCUT2D eigenvalue weighted by molar-refractivity contribution is 0.175. The van der Waals surface area contributed by atoms with Gasteiger partial charge in [0.15, 0.2) is 0 Å². The maximum absolute atomic E-state index is 10.2. The third-order valence-electron chi connectivity index (χ3n) is 3.13. The highest BCUT2D eigenvalue weighted by Gasteiger charge is 2.09. The number of aliphatic hydroxyl groups excluding tert-OH is 1. The highest BCUT2D eigenvalue weighted by molar-refractivity contribution is 6.30. The topological polar surface area (TPSA) is 32.3 Å².